The van der Waals surface area contributed by atoms with Crippen LogP contribution in [0.4, 0.5) is 5.69 Å². The minimum Gasteiger partial charge on any atom is -0.383 e. The van der Waals surface area contributed by atoms with Gasteiger partial charge in [-0.3, -0.25) is 0 Å². The average Bonchev–Trinajstić information content (AvgIpc) is 2.36. The Balaban J connectivity index is 2.05. The van der Waals surface area contributed by atoms with Crippen LogP contribution in [0.5, 0.6) is 0 Å². The van der Waals surface area contributed by atoms with Crippen LogP contribution in [0, 0.1) is 5.92 Å². The number of hydrogen-bond acceptors (Lipinski definition) is 4. The summed E-state index contributed by atoms with van der Waals surface area (Å²) in [6, 6.07) is 4.79. The molecule has 2 rings (SSSR count). The highest BCUT2D eigenvalue weighted by molar-refractivity contribution is 7.90. The fourth-order valence-corrected chi connectivity index (χ4v) is 3.40. The Morgan fingerprint density at radius 2 is 2.20 bits per heavy atom. The second-order valence-corrected chi connectivity index (χ2v) is 7.99. The van der Waals surface area contributed by atoms with Gasteiger partial charge in [-0.1, -0.05) is 11.6 Å². The molecule has 1 aromatic carbocycles. The molecule has 1 N–H and O–H groups in total. The topological polar surface area (TPSA) is 49.4 Å². The van der Waals surface area contributed by atoms with Crippen LogP contribution >= 0.6 is 11.6 Å². The third-order valence-electron chi connectivity index (χ3n) is 3.67. The highest BCUT2D eigenvalue weighted by Gasteiger charge is 2.17. The highest BCUT2D eigenvalue weighted by Crippen LogP contribution is 2.26. The molecule has 0 aromatic heterocycles. The van der Waals surface area contributed by atoms with Gasteiger partial charge in [-0.15, -0.1) is 0 Å². The van der Waals surface area contributed by atoms with Gasteiger partial charge in [0.2, 0.25) is 0 Å². The van der Waals surface area contributed by atoms with Gasteiger partial charge in [-0.05, 0) is 50.6 Å². The van der Waals surface area contributed by atoms with Crippen molar-refractivity contribution in [1.29, 1.82) is 0 Å². The summed E-state index contributed by atoms with van der Waals surface area (Å²) in [6.07, 6.45) is 3.61. The third-order valence-corrected chi connectivity index (χ3v) is 5.11. The molecule has 1 atom stereocenters. The fraction of sp³-hybridized carbons (Fsp3) is 0.571. The zero-order valence-corrected chi connectivity index (χ0v) is 13.5. The largest absolute Gasteiger partial charge is 0.383 e. The molecule has 1 fully saturated rings. The zero-order chi connectivity index (χ0) is 14.8. The lowest BCUT2D eigenvalue weighted by atomic mass is 9.98. The van der Waals surface area contributed by atoms with E-state index in [-0.39, 0.29) is 0 Å². The molecule has 0 aliphatic carbocycles. The predicted octanol–water partition coefficient (Wildman–Crippen LogP) is 2.50. The predicted molar refractivity (Wildman–Crippen MR) is 83.3 cm³/mol. The lowest BCUT2D eigenvalue weighted by Crippen LogP contribution is -2.35. The molecule has 1 aliphatic heterocycles. The Morgan fingerprint density at radius 1 is 1.45 bits per heavy atom. The number of sulfone groups is 1. The molecule has 0 amide bonds. The first kappa shape index (κ1) is 15.6. The van der Waals surface area contributed by atoms with Crippen LogP contribution < -0.4 is 5.32 Å². The Morgan fingerprint density at radius 3 is 2.85 bits per heavy atom. The number of anilines is 1. The Kier molecular flexibility index (Phi) is 4.94. The maximum atomic E-state index is 11.6. The number of halogens is 1. The molecule has 6 heteroatoms. The highest BCUT2D eigenvalue weighted by atomic mass is 35.5. The van der Waals surface area contributed by atoms with E-state index in [1.165, 1.54) is 25.2 Å². The quantitative estimate of drug-likeness (QED) is 0.927. The minimum absolute atomic E-state index is 0.296. The van der Waals surface area contributed by atoms with Crippen LogP contribution in [0.3, 0.4) is 0 Å². The maximum Gasteiger partial charge on any atom is 0.175 e. The molecule has 1 saturated heterocycles. The zero-order valence-electron chi connectivity index (χ0n) is 11.9. The first-order valence-electron chi connectivity index (χ1n) is 6.78. The molecular weight excluding hydrogens is 296 g/mol. The molecule has 1 heterocycles. The average molecular weight is 317 g/mol. The Bertz CT molecular complexity index is 575. The molecule has 0 radical (unpaired) electrons. The van der Waals surface area contributed by atoms with Crippen molar-refractivity contribution in [2.24, 2.45) is 5.92 Å². The second kappa shape index (κ2) is 6.33. The van der Waals surface area contributed by atoms with E-state index in [1.807, 2.05) is 0 Å². The van der Waals surface area contributed by atoms with Crippen molar-refractivity contribution >= 4 is 27.1 Å². The summed E-state index contributed by atoms with van der Waals surface area (Å²) in [7, 11) is -1.07. The molecule has 1 aliphatic rings. The summed E-state index contributed by atoms with van der Waals surface area (Å²) in [5, 5.41) is 3.85. The van der Waals surface area contributed by atoms with Crippen molar-refractivity contribution in [2.45, 2.75) is 17.7 Å². The summed E-state index contributed by atoms with van der Waals surface area (Å²) in [5.41, 5.74) is 0.697. The summed E-state index contributed by atoms with van der Waals surface area (Å²) >= 11 is 6.12. The van der Waals surface area contributed by atoms with Crippen LogP contribution in [0.15, 0.2) is 23.1 Å². The minimum atomic E-state index is -3.20. The third kappa shape index (κ3) is 4.11. The molecule has 4 nitrogen and oxygen atoms in total. The van der Waals surface area contributed by atoms with Crippen LogP contribution in [-0.4, -0.2) is 46.3 Å². The van der Waals surface area contributed by atoms with Gasteiger partial charge in [0.05, 0.1) is 15.6 Å². The van der Waals surface area contributed by atoms with E-state index in [0.717, 1.165) is 19.6 Å². The van der Waals surface area contributed by atoms with Crippen molar-refractivity contribution in [3.05, 3.63) is 23.2 Å². The normalized spacial score (nSPS) is 20.9. The van der Waals surface area contributed by atoms with E-state index in [2.05, 4.69) is 17.3 Å². The standard InChI is InChI=1S/C14H21ClN2O2S/c1-17-7-3-4-11(10-17)9-16-14-8-12(20(2,18)19)5-6-13(14)15/h5-6,8,11,16H,3-4,7,9-10H2,1-2H3. The van der Waals surface area contributed by atoms with Crippen molar-refractivity contribution < 1.29 is 8.42 Å². The van der Waals surface area contributed by atoms with Gasteiger partial charge >= 0.3 is 0 Å². The van der Waals surface area contributed by atoms with Gasteiger partial charge in [-0.25, -0.2) is 8.42 Å². The number of piperidine rings is 1. The van der Waals surface area contributed by atoms with Gasteiger partial charge in [0, 0.05) is 19.3 Å². The van der Waals surface area contributed by atoms with E-state index in [1.54, 1.807) is 12.1 Å². The number of likely N-dealkylation sites (tertiary alicyclic amines) is 1. The van der Waals surface area contributed by atoms with E-state index in [0.29, 0.717) is 21.5 Å². The molecule has 0 saturated carbocycles. The van der Waals surface area contributed by atoms with Crippen LogP contribution in [0.1, 0.15) is 12.8 Å². The van der Waals surface area contributed by atoms with E-state index < -0.39 is 9.84 Å². The Hall–Kier alpha value is -0.780. The summed E-state index contributed by atoms with van der Waals surface area (Å²) in [4.78, 5) is 2.62. The van der Waals surface area contributed by atoms with Crippen molar-refractivity contribution in [2.75, 3.05) is 38.3 Å². The van der Waals surface area contributed by atoms with Gasteiger partial charge in [0.25, 0.3) is 0 Å². The van der Waals surface area contributed by atoms with E-state index in [4.69, 9.17) is 11.6 Å². The lowest BCUT2D eigenvalue weighted by molar-refractivity contribution is 0.217. The van der Waals surface area contributed by atoms with Crippen LogP contribution in [0.25, 0.3) is 0 Å². The van der Waals surface area contributed by atoms with Gasteiger partial charge < -0.3 is 10.2 Å². The summed E-state index contributed by atoms with van der Waals surface area (Å²) in [5.74, 6) is 0.576. The molecule has 20 heavy (non-hydrogen) atoms. The SMILES string of the molecule is CN1CCCC(CNc2cc(S(C)(=O)=O)ccc2Cl)C1. The molecule has 0 bridgehead atoms. The first-order chi connectivity index (χ1) is 9.36. The van der Waals surface area contributed by atoms with E-state index >= 15 is 0 Å². The maximum absolute atomic E-state index is 11.6. The van der Waals surface area contributed by atoms with Gasteiger partial charge in [0.1, 0.15) is 0 Å². The van der Waals surface area contributed by atoms with Crippen molar-refractivity contribution in [3.63, 3.8) is 0 Å². The number of nitrogens with one attached hydrogen (secondary N) is 1. The first-order valence-corrected chi connectivity index (χ1v) is 9.05. The fourth-order valence-electron chi connectivity index (χ4n) is 2.56. The monoisotopic (exact) mass is 316 g/mol. The van der Waals surface area contributed by atoms with E-state index in [9.17, 15) is 8.42 Å². The second-order valence-electron chi connectivity index (χ2n) is 5.57. The summed E-state index contributed by atoms with van der Waals surface area (Å²) < 4.78 is 23.1. The number of benzene rings is 1. The molecule has 1 unspecified atom stereocenters. The molecule has 1 aromatic rings. The smallest absolute Gasteiger partial charge is 0.175 e. The lowest BCUT2D eigenvalue weighted by Gasteiger charge is -2.30. The molecule has 112 valence electrons. The summed E-state index contributed by atoms with van der Waals surface area (Å²) in [6.45, 7) is 3.04. The molecule has 0 spiro atoms. The van der Waals surface area contributed by atoms with Crippen molar-refractivity contribution in [1.82, 2.24) is 4.90 Å². The van der Waals surface area contributed by atoms with Crippen LogP contribution in [-0.2, 0) is 9.84 Å². The van der Waals surface area contributed by atoms with Crippen LogP contribution in [0.2, 0.25) is 5.02 Å². The molecular formula is C14H21ClN2O2S. The number of rotatable bonds is 4. The van der Waals surface area contributed by atoms with Gasteiger partial charge in [0.15, 0.2) is 9.84 Å². The van der Waals surface area contributed by atoms with Crippen molar-refractivity contribution in [3.8, 4) is 0 Å². The number of nitrogens with zero attached hydrogens (tertiary/aromatic N) is 1. The Labute approximate surface area is 126 Å². The number of hydrogen-bond donors (Lipinski definition) is 1. The van der Waals surface area contributed by atoms with Gasteiger partial charge in [-0.2, -0.15) is 0 Å².